The number of Topliss-reactive ketones (excluding diaryl/α,β-unsaturated/α-hetero) is 1. The van der Waals surface area contributed by atoms with E-state index in [0.29, 0.717) is 22.5 Å². The minimum Gasteiger partial charge on any atom is -0.491 e. The van der Waals surface area contributed by atoms with E-state index in [4.69, 9.17) is 9.84 Å². The summed E-state index contributed by atoms with van der Waals surface area (Å²) < 4.78 is 5.43. The third-order valence-electron chi connectivity index (χ3n) is 7.11. The van der Waals surface area contributed by atoms with Crippen LogP contribution >= 0.6 is 0 Å². The number of carbonyl (C=O) groups is 4. The minimum absolute atomic E-state index is 0.116. The number of imide groups is 1. The average molecular weight is 449 g/mol. The number of carbonyl (C=O) groups excluding carboxylic acids is 4. The van der Waals surface area contributed by atoms with Gasteiger partial charge in [-0.1, -0.05) is 23.8 Å². The second-order valence-electron chi connectivity index (χ2n) is 8.86. The summed E-state index contributed by atoms with van der Waals surface area (Å²) >= 11 is 0. The summed E-state index contributed by atoms with van der Waals surface area (Å²) in [5.74, 6) is -3.61. The van der Waals surface area contributed by atoms with Gasteiger partial charge in [0.05, 0.1) is 18.4 Å². The number of fused-ring (bicyclic) bond motifs is 3. The predicted octanol–water partition coefficient (Wildman–Crippen LogP) is 1.88. The molecule has 1 aromatic rings. The van der Waals surface area contributed by atoms with E-state index in [0.717, 1.165) is 11.1 Å². The van der Waals surface area contributed by atoms with Gasteiger partial charge in [-0.25, -0.2) is 0 Å². The number of allylic oxidation sites excluding steroid dienone is 6. The molecule has 2 N–H and O–H groups in total. The van der Waals surface area contributed by atoms with Crippen LogP contribution in [0.25, 0.3) is 0 Å². The highest BCUT2D eigenvalue weighted by Crippen LogP contribution is 2.54. The first kappa shape index (κ1) is 21.5. The van der Waals surface area contributed by atoms with E-state index in [2.05, 4.69) is 0 Å². The second-order valence-corrected chi connectivity index (χ2v) is 8.86. The molecule has 5 rings (SSSR count). The zero-order chi connectivity index (χ0) is 23.4. The van der Waals surface area contributed by atoms with Crippen LogP contribution in [-0.2, 0) is 19.2 Å². The highest BCUT2D eigenvalue weighted by atomic mass is 16.5. The number of aliphatic hydroxyl groups excluding tert-OH is 1. The zero-order valence-corrected chi connectivity index (χ0v) is 18.0. The van der Waals surface area contributed by atoms with E-state index in [1.165, 1.54) is 6.08 Å². The van der Waals surface area contributed by atoms with Crippen LogP contribution in [0, 0.1) is 17.8 Å². The lowest BCUT2D eigenvalue weighted by molar-refractivity contribution is -0.173. The Labute approximate surface area is 189 Å². The number of hydrogen-bond acceptors (Lipinski definition) is 7. The molecule has 1 aromatic carbocycles. The van der Waals surface area contributed by atoms with E-state index < -0.39 is 35.5 Å². The molecule has 4 atom stereocenters. The Morgan fingerprint density at radius 3 is 2.48 bits per heavy atom. The predicted molar refractivity (Wildman–Crippen MR) is 114 cm³/mol. The topological polar surface area (TPSA) is 121 Å². The van der Waals surface area contributed by atoms with E-state index in [-0.39, 0.29) is 42.7 Å². The summed E-state index contributed by atoms with van der Waals surface area (Å²) in [7, 11) is 0. The van der Waals surface area contributed by atoms with Crippen LogP contribution in [0.1, 0.15) is 31.2 Å². The SMILES string of the molecule is CC1=CC(=O)C2=C(CC3C(=CCC4C(=O)N(O)C(=O)C43)C2c2ccc(OCCO)cc2)C1=O. The average Bonchev–Trinajstić information content (AvgIpc) is 3.04. The normalized spacial score (nSPS) is 28.9. The fraction of sp³-hybridized carbons (Fsp3) is 0.360. The van der Waals surface area contributed by atoms with Gasteiger partial charge in [0, 0.05) is 22.6 Å². The monoisotopic (exact) mass is 449 g/mol. The summed E-state index contributed by atoms with van der Waals surface area (Å²) in [6, 6.07) is 7.08. The maximum atomic E-state index is 13.1. The van der Waals surface area contributed by atoms with Crippen LogP contribution in [0.5, 0.6) is 5.75 Å². The largest absolute Gasteiger partial charge is 0.491 e. The van der Waals surface area contributed by atoms with E-state index in [1.54, 1.807) is 31.2 Å². The van der Waals surface area contributed by atoms with Gasteiger partial charge >= 0.3 is 0 Å². The molecular weight excluding hydrogens is 426 g/mol. The number of amides is 2. The first-order valence-corrected chi connectivity index (χ1v) is 10.9. The van der Waals surface area contributed by atoms with Crippen molar-refractivity contribution in [3.05, 3.63) is 64.3 Å². The van der Waals surface area contributed by atoms with Crippen molar-refractivity contribution in [1.29, 1.82) is 0 Å². The third-order valence-corrected chi connectivity index (χ3v) is 7.11. The van der Waals surface area contributed by atoms with Gasteiger partial charge in [-0.3, -0.25) is 24.4 Å². The maximum Gasteiger partial charge on any atom is 0.257 e. The molecular formula is C25H23NO7. The first-order valence-electron chi connectivity index (χ1n) is 10.9. The van der Waals surface area contributed by atoms with E-state index in [1.807, 2.05) is 6.08 Å². The van der Waals surface area contributed by atoms with Crippen LogP contribution in [0.2, 0.25) is 0 Å². The molecule has 4 unspecified atom stereocenters. The number of hydrogen-bond donors (Lipinski definition) is 2. The lowest BCUT2D eigenvalue weighted by Gasteiger charge is -2.42. The molecule has 0 radical (unpaired) electrons. The number of ether oxygens (including phenoxy) is 1. The van der Waals surface area contributed by atoms with Crippen molar-refractivity contribution in [2.45, 2.75) is 25.7 Å². The quantitative estimate of drug-likeness (QED) is 0.312. The molecule has 2 amide bonds. The third kappa shape index (κ3) is 3.20. The lowest BCUT2D eigenvalue weighted by Crippen LogP contribution is -2.39. The molecule has 0 spiro atoms. The lowest BCUT2D eigenvalue weighted by atomic mass is 9.59. The maximum absolute atomic E-state index is 13.1. The smallest absolute Gasteiger partial charge is 0.257 e. The van der Waals surface area contributed by atoms with Crippen LogP contribution in [-0.4, -0.2) is 52.0 Å². The summed E-state index contributed by atoms with van der Waals surface area (Å²) in [5, 5.41) is 19.2. The molecule has 8 heteroatoms. The van der Waals surface area contributed by atoms with E-state index in [9.17, 15) is 24.4 Å². The van der Waals surface area contributed by atoms with Gasteiger partial charge in [-0.05, 0) is 49.5 Å². The Morgan fingerprint density at radius 1 is 1.06 bits per heavy atom. The molecule has 33 heavy (non-hydrogen) atoms. The Hall–Kier alpha value is -3.36. The molecule has 3 aliphatic carbocycles. The highest BCUT2D eigenvalue weighted by molar-refractivity contribution is 6.23. The van der Waals surface area contributed by atoms with Gasteiger partial charge in [-0.15, -0.1) is 0 Å². The fourth-order valence-corrected chi connectivity index (χ4v) is 5.66. The van der Waals surface area contributed by atoms with E-state index >= 15 is 0 Å². The van der Waals surface area contributed by atoms with Crippen molar-refractivity contribution in [2.75, 3.05) is 13.2 Å². The molecule has 170 valence electrons. The van der Waals surface area contributed by atoms with Crippen molar-refractivity contribution in [3.8, 4) is 5.75 Å². The van der Waals surface area contributed by atoms with Crippen LogP contribution < -0.4 is 4.74 Å². The highest BCUT2D eigenvalue weighted by Gasteiger charge is 2.56. The summed E-state index contributed by atoms with van der Waals surface area (Å²) in [6.45, 7) is 1.63. The summed E-state index contributed by atoms with van der Waals surface area (Å²) in [6.07, 6.45) is 3.72. The van der Waals surface area contributed by atoms with Crippen LogP contribution in [0.15, 0.2) is 58.7 Å². The Morgan fingerprint density at radius 2 is 1.79 bits per heavy atom. The molecule has 8 nitrogen and oxygen atoms in total. The van der Waals surface area contributed by atoms with Gasteiger partial charge in [0.2, 0.25) is 0 Å². The Kier molecular flexibility index (Phi) is 5.14. The zero-order valence-electron chi connectivity index (χ0n) is 18.0. The van der Waals surface area contributed by atoms with Gasteiger partial charge in [0.25, 0.3) is 11.8 Å². The van der Waals surface area contributed by atoms with Crippen LogP contribution in [0.3, 0.4) is 0 Å². The molecule has 0 saturated carbocycles. The molecule has 1 fully saturated rings. The number of benzene rings is 1. The summed E-state index contributed by atoms with van der Waals surface area (Å²) in [4.78, 5) is 51.4. The van der Waals surface area contributed by atoms with Crippen LogP contribution in [0.4, 0.5) is 0 Å². The second kappa shape index (κ2) is 7.90. The molecule has 1 aliphatic heterocycles. The van der Waals surface area contributed by atoms with Gasteiger partial charge < -0.3 is 9.84 Å². The fourth-order valence-electron chi connectivity index (χ4n) is 5.66. The number of aliphatic hydroxyl groups is 1. The first-order chi connectivity index (χ1) is 15.8. The standard InChI is InChI=1S/C25H23NO7/c1-12-10-19(28)22-18(23(12)29)11-17-15(6-7-16-21(17)25(31)26(32)24(16)30)20(22)13-2-4-14(5-3-13)33-9-8-27/h2-6,10,16-17,20-21,27,32H,7-9,11H2,1H3. The number of hydroxylamine groups is 2. The van der Waals surface area contributed by atoms with Crippen molar-refractivity contribution in [3.63, 3.8) is 0 Å². The summed E-state index contributed by atoms with van der Waals surface area (Å²) in [5.41, 5.74) is 2.73. The number of nitrogens with zero attached hydrogens (tertiary/aromatic N) is 1. The van der Waals surface area contributed by atoms with Gasteiger partial charge in [-0.2, -0.15) is 5.06 Å². The van der Waals surface area contributed by atoms with Crippen molar-refractivity contribution in [1.82, 2.24) is 5.06 Å². The Bertz CT molecular complexity index is 1170. The van der Waals surface area contributed by atoms with Crippen molar-refractivity contribution < 1.29 is 34.2 Å². The molecule has 4 aliphatic rings. The molecule has 1 heterocycles. The number of rotatable bonds is 4. The molecule has 0 aromatic heterocycles. The van der Waals surface area contributed by atoms with Crippen molar-refractivity contribution >= 4 is 23.4 Å². The molecule has 0 bridgehead atoms. The van der Waals surface area contributed by atoms with Gasteiger partial charge in [0.1, 0.15) is 12.4 Å². The van der Waals surface area contributed by atoms with Gasteiger partial charge in [0.15, 0.2) is 11.6 Å². The Balaban J connectivity index is 1.63. The van der Waals surface area contributed by atoms with Crippen molar-refractivity contribution in [2.24, 2.45) is 17.8 Å². The minimum atomic E-state index is -0.764. The molecule has 1 saturated heterocycles. The number of ketones is 2.